The summed E-state index contributed by atoms with van der Waals surface area (Å²) < 4.78 is 11.2. The Morgan fingerprint density at radius 1 is 1.28 bits per heavy atom. The summed E-state index contributed by atoms with van der Waals surface area (Å²) in [5.74, 6) is 0. The van der Waals surface area contributed by atoms with Crippen LogP contribution in [-0.4, -0.2) is 40.1 Å². The maximum absolute atomic E-state index is 12.5. The van der Waals surface area contributed by atoms with E-state index in [1.54, 1.807) is 22.4 Å². The molecule has 0 radical (unpaired) electrons. The zero-order valence-corrected chi connectivity index (χ0v) is 16.1. The van der Waals surface area contributed by atoms with Gasteiger partial charge in [-0.15, -0.1) is 0 Å². The van der Waals surface area contributed by atoms with Crippen molar-refractivity contribution in [2.24, 2.45) is 0 Å². The van der Waals surface area contributed by atoms with Crippen LogP contribution >= 0.6 is 11.8 Å². The van der Waals surface area contributed by atoms with E-state index >= 15 is 0 Å². The quantitative estimate of drug-likeness (QED) is 0.794. The lowest BCUT2D eigenvalue weighted by Crippen LogP contribution is -2.49. The number of benzene rings is 1. The molecule has 1 heterocycles. The number of amides is 1. The monoisotopic (exact) mass is 363 g/mol. The Labute approximate surface area is 153 Å². The lowest BCUT2D eigenvalue weighted by atomic mass is 10.2. The maximum Gasteiger partial charge on any atom is 0.413 e. The maximum atomic E-state index is 12.5. The standard InChI is InChI=1S/C19H25NO4S/c1-18(2,3)24-17(22)20-15(13-23-19(20,4)5)11-12-25-16(21)14-9-7-6-8-10-14/h6-12,15H,13H2,1-5H3/b12-11-/t15-/m0/s1. The molecule has 1 saturated heterocycles. The minimum Gasteiger partial charge on any atom is -0.444 e. The number of carbonyl (C=O) groups excluding carboxylic acids is 2. The van der Waals surface area contributed by atoms with E-state index in [1.807, 2.05) is 58.9 Å². The average Bonchev–Trinajstić information content (AvgIpc) is 2.81. The molecule has 1 fully saturated rings. The van der Waals surface area contributed by atoms with Gasteiger partial charge in [0.1, 0.15) is 11.3 Å². The van der Waals surface area contributed by atoms with Crippen molar-refractivity contribution in [3.8, 4) is 0 Å². The van der Waals surface area contributed by atoms with E-state index in [-0.39, 0.29) is 11.2 Å². The molecule has 1 aliphatic heterocycles. The van der Waals surface area contributed by atoms with Crippen molar-refractivity contribution in [1.29, 1.82) is 0 Å². The molecule has 5 nitrogen and oxygen atoms in total. The van der Waals surface area contributed by atoms with Gasteiger partial charge in [-0.05, 0) is 40.0 Å². The first-order valence-electron chi connectivity index (χ1n) is 8.19. The van der Waals surface area contributed by atoms with E-state index in [0.717, 1.165) is 11.8 Å². The third-order valence-electron chi connectivity index (χ3n) is 3.59. The number of rotatable bonds is 3. The molecule has 0 N–H and O–H groups in total. The van der Waals surface area contributed by atoms with Crippen LogP contribution in [0.5, 0.6) is 0 Å². The molecule has 1 atom stereocenters. The minimum atomic E-state index is -0.758. The van der Waals surface area contributed by atoms with Gasteiger partial charge in [-0.3, -0.25) is 9.69 Å². The van der Waals surface area contributed by atoms with Crippen LogP contribution in [0.2, 0.25) is 0 Å². The van der Waals surface area contributed by atoms with Crippen molar-refractivity contribution in [1.82, 2.24) is 4.90 Å². The molecule has 6 heteroatoms. The molecule has 0 spiro atoms. The fourth-order valence-corrected chi connectivity index (χ4v) is 3.13. The summed E-state index contributed by atoms with van der Waals surface area (Å²) in [5.41, 5.74) is -0.697. The van der Waals surface area contributed by atoms with Crippen LogP contribution in [0.1, 0.15) is 45.0 Å². The number of hydrogen-bond acceptors (Lipinski definition) is 5. The second-order valence-corrected chi connectivity index (χ2v) is 8.15. The molecule has 0 unspecified atom stereocenters. The smallest absolute Gasteiger partial charge is 0.413 e. The highest BCUT2D eigenvalue weighted by atomic mass is 32.2. The molecular weight excluding hydrogens is 338 g/mol. The van der Waals surface area contributed by atoms with Crippen LogP contribution in [0, 0.1) is 0 Å². The molecule has 1 aliphatic rings. The van der Waals surface area contributed by atoms with Crippen LogP contribution in [-0.2, 0) is 9.47 Å². The summed E-state index contributed by atoms with van der Waals surface area (Å²) >= 11 is 1.09. The number of thioether (sulfide) groups is 1. The summed E-state index contributed by atoms with van der Waals surface area (Å²) in [6.07, 6.45) is 1.38. The van der Waals surface area contributed by atoms with E-state index in [9.17, 15) is 9.59 Å². The van der Waals surface area contributed by atoms with Crippen LogP contribution in [0.25, 0.3) is 0 Å². The van der Waals surface area contributed by atoms with Gasteiger partial charge >= 0.3 is 6.09 Å². The van der Waals surface area contributed by atoms with Crippen molar-refractivity contribution in [2.75, 3.05) is 6.61 Å². The van der Waals surface area contributed by atoms with Crippen molar-refractivity contribution in [3.05, 3.63) is 47.4 Å². The molecule has 1 aromatic carbocycles. The normalized spacial score (nSPS) is 20.0. The Kier molecular flexibility index (Phi) is 5.95. The van der Waals surface area contributed by atoms with Gasteiger partial charge in [0.15, 0.2) is 0 Å². The van der Waals surface area contributed by atoms with Gasteiger partial charge in [-0.2, -0.15) is 0 Å². The molecule has 2 rings (SSSR count). The van der Waals surface area contributed by atoms with E-state index in [1.165, 1.54) is 0 Å². The third kappa shape index (κ3) is 5.34. The van der Waals surface area contributed by atoms with Crippen LogP contribution in [0.4, 0.5) is 4.79 Å². The molecular formula is C19H25NO4S. The average molecular weight is 363 g/mol. The van der Waals surface area contributed by atoms with E-state index in [2.05, 4.69) is 0 Å². The van der Waals surface area contributed by atoms with Gasteiger partial charge in [-0.1, -0.05) is 48.2 Å². The van der Waals surface area contributed by atoms with Crippen molar-refractivity contribution >= 4 is 23.0 Å². The molecule has 0 bridgehead atoms. The topological polar surface area (TPSA) is 55.8 Å². The molecule has 1 amide bonds. The number of ether oxygens (including phenoxy) is 2. The lowest BCUT2D eigenvalue weighted by Gasteiger charge is -2.34. The van der Waals surface area contributed by atoms with E-state index in [4.69, 9.17) is 9.47 Å². The predicted octanol–water partition coefficient (Wildman–Crippen LogP) is 4.45. The van der Waals surface area contributed by atoms with Crippen molar-refractivity contribution < 1.29 is 19.1 Å². The molecule has 25 heavy (non-hydrogen) atoms. The highest BCUT2D eigenvalue weighted by Crippen LogP contribution is 2.30. The van der Waals surface area contributed by atoms with Crippen molar-refractivity contribution in [3.63, 3.8) is 0 Å². The SMILES string of the molecule is CC(C)(C)OC(=O)N1[C@@H](/C=C\SC(=O)c2ccccc2)COC1(C)C. The molecule has 0 aromatic heterocycles. The van der Waals surface area contributed by atoms with Gasteiger partial charge in [-0.25, -0.2) is 4.79 Å². The fourth-order valence-electron chi connectivity index (χ4n) is 2.47. The molecule has 1 aromatic rings. The van der Waals surface area contributed by atoms with E-state index < -0.39 is 17.4 Å². The summed E-state index contributed by atoms with van der Waals surface area (Å²) in [6, 6.07) is 8.80. The first kappa shape index (κ1) is 19.5. The minimum absolute atomic E-state index is 0.0427. The first-order valence-corrected chi connectivity index (χ1v) is 9.07. The Balaban J connectivity index is 2.04. The molecule has 0 aliphatic carbocycles. The zero-order valence-electron chi connectivity index (χ0n) is 15.3. The Bertz CT molecular complexity index is 649. The number of hydrogen-bond donors (Lipinski definition) is 0. The number of carbonyl (C=O) groups is 2. The molecule has 0 saturated carbocycles. The largest absolute Gasteiger partial charge is 0.444 e. The van der Waals surface area contributed by atoms with Crippen molar-refractivity contribution in [2.45, 2.75) is 52.0 Å². The van der Waals surface area contributed by atoms with Gasteiger partial charge in [0.25, 0.3) is 0 Å². The second kappa shape index (κ2) is 7.62. The lowest BCUT2D eigenvalue weighted by molar-refractivity contribution is -0.0610. The van der Waals surface area contributed by atoms with E-state index in [0.29, 0.717) is 12.2 Å². The Morgan fingerprint density at radius 2 is 1.92 bits per heavy atom. The van der Waals surface area contributed by atoms with Gasteiger partial charge in [0.2, 0.25) is 5.12 Å². The Morgan fingerprint density at radius 3 is 2.52 bits per heavy atom. The highest BCUT2D eigenvalue weighted by Gasteiger charge is 2.44. The number of nitrogens with zero attached hydrogens (tertiary/aromatic N) is 1. The summed E-state index contributed by atoms with van der Waals surface area (Å²) in [4.78, 5) is 26.2. The van der Waals surface area contributed by atoms with Crippen LogP contribution in [0.15, 0.2) is 41.8 Å². The fraction of sp³-hybridized carbons (Fsp3) is 0.474. The predicted molar refractivity (Wildman–Crippen MR) is 99.4 cm³/mol. The summed E-state index contributed by atoms with van der Waals surface area (Å²) in [6.45, 7) is 9.50. The highest BCUT2D eigenvalue weighted by molar-refractivity contribution is 8.16. The van der Waals surface area contributed by atoms with Gasteiger partial charge in [0.05, 0.1) is 12.6 Å². The van der Waals surface area contributed by atoms with Crippen LogP contribution < -0.4 is 0 Å². The van der Waals surface area contributed by atoms with Crippen LogP contribution in [0.3, 0.4) is 0 Å². The van der Waals surface area contributed by atoms with Gasteiger partial charge < -0.3 is 9.47 Å². The Hall–Kier alpha value is -1.79. The van der Waals surface area contributed by atoms with Gasteiger partial charge in [0, 0.05) is 5.56 Å². The zero-order chi connectivity index (χ0) is 18.7. The summed E-state index contributed by atoms with van der Waals surface area (Å²) in [7, 11) is 0. The second-order valence-electron chi connectivity index (χ2n) is 7.28. The molecule has 136 valence electrons. The first-order chi connectivity index (χ1) is 11.6. The summed E-state index contributed by atoms with van der Waals surface area (Å²) in [5, 5.41) is 1.67. The third-order valence-corrected chi connectivity index (χ3v) is 4.34.